The quantitative estimate of drug-likeness (QED) is 0.664. The Kier molecular flexibility index (Phi) is 2.04. The summed E-state index contributed by atoms with van der Waals surface area (Å²) in [6, 6.07) is 21.6. The summed E-state index contributed by atoms with van der Waals surface area (Å²) in [6.07, 6.45) is 0. The number of hydrogen-bond acceptors (Lipinski definition) is 0. The first-order valence-electron chi connectivity index (χ1n) is 5.27. The van der Waals surface area contributed by atoms with E-state index < -0.39 is 8.80 Å². The summed E-state index contributed by atoms with van der Waals surface area (Å²) < 4.78 is 0. The molecule has 0 aliphatic carbocycles. The molecule has 0 saturated carbocycles. The van der Waals surface area contributed by atoms with Gasteiger partial charge in [0.15, 0.2) is 0 Å². The highest BCUT2D eigenvalue weighted by atomic mass is 28.3. The largest absolute Gasteiger partial charge is 0.125 e. The van der Waals surface area contributed by atoms with Crippen LogP contribution in [-0.2, 0) is 0 Å². The van der Waals surface area contributed by atoms with Gasteiger partial charge in [-0.15, -0.1) is 0 Å². The molecule has 0 amide bonds. The zero-order valence-corrected chi connectivity index (χ0v) is 9.58. The van der Waals surface area contributed by atoms with Crippen molar-refractivity contribution in [3.8, 4) is 0 Å². The maximum atomic E-state index is 2.46. The van der Waals surface area contributed by atoms with Crippen molar-refractivity contribution in [1.29, 1.82) is 0 Å². The number of benzene rings is 2. The lowest BCUT2D eigenvalue weighted by atomic mass is 10.2. The molecule has 0 N–H and O–H groups in total. The molecule has 72 valence electrons. The van der Waals surface area contributed by atoms with Gasteiger partial charge in [0.1, 0.15) is 8.80 Å². The van der Waals surface area contributed by atoms with Crippen LogP contribution in [0.4, 0.5) is 0 Å². The molecule has 3 rings (SSSR count). The molecular formula is C14H12Si. The summed E-state index contributed by atoms with van der Waals surface area (Å²) >= 11 is 0. The van der Waals surface area contributed by atoms with Crippen LogP contribution in [-0.4, -0.2) is 8.80 Å². The third kappa shape index (κ3) is 1.66. The van der Waals surface area contributed by atoms with Crippen LogP contribution in [0, 0.1) is 0 Å². The Bertz CT molecular complexity index is 485. The second-order valence-corrected chi connectivity index (χ2v) is 6.45. The van der Waals surface area contributed by atoms with Crippen LogP contribution < -0.4 is 5.19 Å². The minimum Gasteiger partial charge on any atom is -0.0885 e. The van der Waals surface area contributed by atoms with E-state index in [9.17, 15) is 0 Å². The van der Waals surface area contributed by atoms with Gasteiger partial charge in [-0.25, -0.2) is 0 Å². The summed E-state index contributed by atoms with van der Waals surface area (Å²) in [5, 5.41) is 3.14. The lowest BCUT2D eigenvalue weighted by Gasteiger charge is -1.99. The van der Waals surface area contributed by atoms with E-state index in [4.69, 9.17) is 0 Å². The first kappa shape index (κ1) is 8.68. The third-order valence-corrected chi connectivity index (χ3v) is 5.42. The van der Waals surface area contributed by atoms with E-state index in [-0.39, 0.29) is 0 Å². The topological polar surface area (TPSA) is 0 Å². The van der Waals surface area contributed by atoms with Crippen LogP contribution in [0.1, 0.15) is 5.56 Å². The Morgan fingerprint density at radius 1 is 0.667 bits per heavy atom. The molecule has 1 unspecified atom stereocenters. The lowest BCUT2D eigenvalue weighted by molar-refractivity contribution is 1.66. The van der Waals surface area contributed by atoms with Crippen molar-refractivity contribution in [3.05, 3.63) is 71.9 Å². The molecule has 2 aromatic carbocycles. The van der Waals surface area contributed by atoms with Crippen molar-refractivity contribution in [2.45, 2.75) is 0 Å². The van der Waals surface area contributed by atoms with E-state index in [0.29, 0.717) is 0 Å². The van der Waals surface area contributed by atoms with Gasteiger partial charge in [-0.05, 0) is 5.56 Å². The van der Waals surface area contributed by atoms with Crippen molar-refractivity contribution in [1.82, 2.24) is 0 Å². The highest BCUT2D eigenvalue weighted by Gasteiger charge is 2.28. The summed E-state index contributed by atoms with van der Waals surface area (Å²) in [4.78, 5) is 0. The molecule has 0 fully saturated rings. The molecule has 0 aromatic heterocycles. The van der Waals surface area contributed by atoms with E-state index in [1.807, 2.05) is 0 Å². The van der Waals surface area contributed by atoms with Gasteiger partial charge in [0.05, 0.1) is 0 Å². The van der Waals surface area contributed by atoms with Crippen LogP contribution in [0.15, 0.2) is 66.4 Å². The molecule has 1 heteroatoms. The lowest BCUT2D eigenvalue weighted by Crippen LogP contribution is -2.17. The maximum absolute atomic E-state index is 2.46. The predicted octanol–water partition coefficient (Wildman–Crippen LogP) is 2.30. The molecule has 2 aromatic rings. The Balaban J connectivity index is 1.83. The molecule has 1 aliphatic rings. The summed E-state index contributed by atoms with van der Waals surface area (Å²) in [6.45, 7) is 0. The first-order valence-corrected chi connectivity index (χ1v) is 7.09. The van der Waals surface area contributed by atoms with Crippen molar-refractivity contribution < 1.29 is 0 Å². The van der Waals surface area contributed by atoms with Crippen LogP contribution in [0.5, 0.6) is 0 Å². The molecular weight excluding hydrogens is 196 g/mol. The predicted molar refractivity (Wildman–Crippen MR) is 67.6 cm³/mol. The molecule has 1 atom stereocenters. The Morgan fingerprint density at radius 2 is 1.27 bits per heavy atom. The zero-order valence-electron chi connectivity index (χ0n) is 8.43. The van der Waals surface area contributed by atoms with Gasteiger partial charge in [0.2, 0.25) is 0 Å². The summed E-state index contributed by atoms with van der Waals surface area (Å²) in [5.41, 5.74) is 3.88. The van der Waals surface area contributed by atoms with E-state index in [0.717, 1.165) is 0 Å². The summed E-state index contributed by atoms with van der Waals surface area (Å²) in [7, 11) is -0.829. The second kappa shape index (κ2) is 3.52. The fourth-order valence-electron chi connectivity index (χ4n) is 1.97. The average Bonchev–Trinajstić information content (AvgIpc) is 3.11. The average molecular weight is 208 g/mol. The maximum Gasteiger partial charge on any atom is 0.125 e. The molecule has 1 aliphatic heterocycles. The molecule has 1 heterocycles. The standard InChI is InChI=1S/C14H12Si/c1-3-7-12(8-4-1)14-11-15(14)13-9-5-2-6-10-13/h1-11,15H. The molecule has 0 radical (unpaired) electrons. The van der Waals surface area contributed by atoms with Gasteiger partial charge < -0.3 is 0 Å². The van der Waals surface area contributed by atoms with Crippen LogP contribution >= 0.6 is 0 Å². The van der Waals surface area contributed by atoms with Crippen LogP contribution in [0.25, 0.3) is 5.20 Å². The molecule has 0 bridgehead atoms. The fourth-order valence-corrected chi connectivity index (χ4v) is 4.46. The first-order chi connectivity index (χ1) is 7.45. The van der Waals surface area contributed by atoms with E-state index in [2.05, 4.69) is 66.4 Å². The monoisotopic (exact) mass is 208 g/mol. The highest BCUT2D eigenvalue weighted by Crippen LogP contribution is 2.29. The fraction of sp³-hybridized carbons (Fsp3) is 0. The SMILES string of the molecule is C1=C(c2ccccc2)[SiH]1c1ccccc1. The number of rotatable bonds is 2. The van der Waals surface area contributed by atoms with Gasteiger partial charge in [-0.3, -0.25) is 0 Å². The van der Waals surface area contributed by atoms with Gasteiger partial charge in [0, 0.05) is 0 Å². The minimum atomic E-state index is -0.829. The van der Waals surface area contributed by atoms with Gasteiger partial charge in [-0.1, -0.05) is 76.7 Å². The third-order valence-electron chi connectivity index (χ3n) is 2.84. The second-order valence-electron chi connectivity index (χ2n) is 3.88. The molecule has 15 heavy (non-hydrogen) atoms. The minimum absolute atomic E-state index is 0.829. The van der Waals surface area contributed by atoms with Crippen molar-refractivity contribution in [2.24, 2.45) is 0 Å². The Morgan fingerprint density at radius 3 is 1.93 bits per heavy atom. The highest BCUT2D eigenvalue weighted by molar-refractivity contribution is 7.05. The normalized spacial score (nSPS) is 18.4. The van der Waals surface area contributed by atoms with Gasteiger partial charge >= 0.3 is 0 Å². The Labute approximate surface area is 91.5 Å². The van der Waals surface area contributed by atoms with E-state index >= 15 is 0 Å². The molecule has 0 saturated heterocycles. The smallest absolute Gasteiger partial charge is 0.0885 e. The molecule has 0 nitrogen and oxygen atoms in total. The van der Waals surface area contributed by atoms with Gasteiger partial charge in [0.25, 0.3) is 0 Å². The summed E-state index contributed by atoms with van der Waals surface area (Å²) in [5.74, 6) is 0. The zero-order chi connectivity index (χ0) is 10.1. The number of hydrogen-bond donors (Lipinski definition) is 0. The molecule has 0 spiro atoms. The van der Waals surface area contributed by atoms with Gasteiger partial charge in [-0.2, -0.15) is 0 Å². The van der Waals surface area contributed by atoms with Crippen molar-refractivity contribution in [2.75, 3.05) is 0 Å². The van der Waals surface area contributed by atoms with Crippen molar-refractivity contribution in [3.63, 3.8) is 0 Å². The van der Waals surface area contributed by atoms with E-state index in [1.54, 1.807) is 5.20 Å². The van der Waals surface area contributed by atoms with Crippen LogP contribution in [0.3, 0.4) is 0 Å². The van der Waals surface area contributed by atoms with Crippen molar-refractivity contribution >= 4 is 19.2 Å². The Hall–Kier alpha value is -1.60. The van der Waals surface area contributed by atoms with Crippen LogP contribution in [0.2, 0.25) is 0 Å². The van der Waals surface area contributed by atoms with E-state index in [1.165, 1.54) is 10.8 Å².